The average molecular weight is 287 g/mol. The number of aliphatic carboxylic acids is 1. The number of carboxylic acids is 1. The lowest BCUT2D eigenvalue weighted by Gasteiger charge is -2.09. The van der Waals surface area contributed by atoms with Crippen LogP contribution in [0.5, 0.6) is 0 Å². The van der Waals surface area contributed by atoms with E-state index in [0.29, 0.717) is 12.3 Å². The van der Waals surface area contributed by atoms with Gasteiger partial charge in [0.15, 0.2) is 5.65 Å². The highest BCUT2D eigenvalue weighted by Crippen LogP contribution is 2.33. The Kier molecular flexibility index (Phi) is 3.66. The second-order valence-electron chi connectivity index (χ2n) is 5.98. The van der Waals surface area contributed by atoms with Crippen LogP contribution in [0.3, 0.4) is 0 Å². The van der Waals surface area contributed by atoms with Crippen molar-refractivity contribution in [2.24, 2.45) is 0 Å². The molecule has 0 amide bonds. The molecule has 2 heterocycles. The maximum absolute atomic E-state index is 10.8. The summed E-state index contributed by atoms with van der Waals surface area (Å²) in [5.74, 6) is -0.213. The molecule has 2 aromatic rings. The van der Waals surface area contributed by atoms with Gasteiger partial charge in [0.1, 0.15) is 0 Å². The van der Waals surface area contributed by atoms with Crippen LogP contribution < -0.4 is 0 Å². The quantitative estimate of drug-likeness (QED) is 0.938. The number of hydrogen-bond acceptors (Lipinski definition) is 3. The fraction of sp³-hybridized carbons (Fsp3) is 0.562. The average Bonchev–Trinajstić information content (AvgIpc) is 3.05. The molecule has 1 N–H and O–H groups in total. The van der Waals surface area contributed by atoms with Crippen molar-refractivity contribution in [1.82, 2.24) is 14.6 Å². The van der Waals surface area contributed by atoms with E-state index in [1.807, 2.05) is 18.4 Å². The van der Waals surface area contributed by atoms with Crippen molar-refractivity contribution in [3.05, 3.63) is 28.7 Å². The topological polar surface area (TPSA) is 67.5 Å². The number of nitrogens with zero attached hydrogens (tertiary/aromatic N) is 3. The van der Waals surface area contributed by atoms with Gasteiger partial charge in [-0.1, -0.05) is 12.8 Å². The standard InChI is InChI=1S/C16H21N3O2/c1-10-13(7-8-16(20)21)11(2)19-15(17-10)9-14(18-19)12-5-3-4-6-12/h9,12H,3-8H2,1-2H3,(H,20,21). The fourth-order valence-electron chi connectivity index (χ4n) is 3.36. The van der Waals surface area contributed by atoms with Crippen molar-refractivity contribution in [2.45, 2.75) is 58.3 Å². The monoisotopic (exact) mass is 287 g/mol. The summed E-state index contributed by atoms with van der Waals surface area (Å²) >= 11 is 0. The summed E-state index contributed by atoms with van der Waals surface area (Å²) in [5.41, 5.74) is 4.96. The Morgan fingerprint density at radius 2 is 2.10 bits per heavy atom. The van der Waals surface area contributed by atoms with Crippen LogP contribution in [0, 0.1) is 13.8 Å². The molecule has 5 heteroatoms. The van der Waals surface area contributed by atoms with Crippen LogP contribution in [0.1, 0.15) is 60.7 Å². The van der Waals surface area contributed by atoms with Gasteiger partial charge >= 0.3 is 5.97 Å². The lowest BCUT2D eigenvalue weighted by atomic mass is 10.0. The van der Waals surface area contributed by atoms with Crippen molar-refractivity contribution in [1.29, 1.82) is 0 Å². The minimum absolute atomic E-state index is 0.131. The third-order valence-corrected chi connectivity index (χ3v) is 4.55. The molecule has 0 unspecified atom stereocenters. The molecular formula is C16H21N3O2. The van der Waals surface area contributed by atoms with E-state index >= 15 is 0 Å². The SMILES string of the molecule is Cc1nc2cc(C3CCCC3)nn2c(C)c1CCC(=O)O. The molecule has 112 valence electrons. The minimum atomic E-state index is -0.777. The van der Waals surface area contributed by atoms with Gasteiger partial charge < -0.3 is 5.11 Å². The summed E-state index contributed by atoms with van der Waals surface area (Å²) in [4.78, 5) is 15.4. The number of carbonyl (C=O) groups is 1. The zero-order valence-electron chi connectivity index (χ0n) is 12.6. The van der Waals surface area contributed by atoms with Crippen LogP contribution in [-0.2, 0) is 11.2 Å². The van der Waals surface area contributed by atoms with Crippen molar-refractivity contribution < 1.29 is 9.90 Å². The van der Waals surface area contributed by atoms with E-state index in [4.69, 9.17) is 10.2 Å². The van der Waals surface area contributed by atoms with Gasteiger partial charge in [-0.3, -0.25) is 4.79 Å². The van der Waals surface area contributed by atoms with Gasteiger partial charge in [-0.2, -0.15) is 5.10 Å². The van der Waals surface area contributed by atoms with Gasteiger partial charge in [0, 0.05) is 29.8 Å². The van der Waals surface area contributed by atoms with Crippen LogP contribution in [0.25, 0.3) is 5.65 Å². The van der Waals surface area contributed by atoms with Crippen LogP contribution in [0.15, 0.2) is 6.07 Å². The third kappa shape index (κ3) is 2.64. The number of carboxylic acid groups (broad SMARTS) is 1. The lowest BCUT2D eigenvalue weighted by molar-refractivity contribution is -0.136. The molecule has 0 atom stereocenters. The predicted octanol–water partition coefficient (Wildman–Crippen LogP) is 3.02. The molecule has 1 aliphatic carbocycles. The van der Waals surface area contributed by atoms with Gasteiger partial charge in [0.05, 0.1) is 5.69 Å². The smallest absolute Gasteiger partial charge is 0.303 e. The molecule has 1 aliphatic rings. The first kappa shape index (κ1) is 14.0. The Hall–Kier alpha value is -1.91. The van der Waals surface area contributed by atoms with Gasteiger partial charge in [0.25, 0.3) is 0 Å². The van der Waals surface area contributed by atoms with E-state index in [1.54, 1.807) is 0 Å². The molecule has 1 saturated carbocycles. The second kappa shape index (κ2) is 5.47. The van der Waals surface area contributed by atoms with Crippen LogP contribution in [0.2, 0.25) is 0 Å². The van der Waals surface area contributed by atoms with Crippen molar-refractivity contribution in [2.75, 3.05) is 0 Å². The van der Waals surface area contributed by atoms with Crippen LogP contribution >= 0.6 is 0 Å². The normalized spacial score (nSPS) is 15.9. The van der Waals surface area contributed by atoms with Gasteiger partial charge in [-0.05, 0) is 38.7 Å². The molecule has 5 nitrogen and oxygen atoms in total. The number of aromatic nitrogens is 3. The summed E-state index contributed by atoms with van der Waals surface area (Å²) in [5, 5.41) is 13.6. The minimum Gasteiger partial charge on any atom is -0.481 e. The van der Waals surface area contributed by atoms with Crippen molar-refractivity contribution in [3.8, 4) is 0 Å². The first-order valence-electron chi connectivity index (χ1n) is 7.64. The highest BCUT2D eigenvalue weighted by molar-refractivity contribution is 5.67. The molecule has 1 fully saturated rings. The fourth-order valence-corrected chi connectivity index (χ4v) is 3.36. The van der Waals surface area contributed by atoms with Crippen molar-refractivity contribution in [3.63, 3.8) is 0 Å². The molecule has 3 rings (SSSR count). The Labute approximate surface area is 124 Å². The molecule has 0 bridgehead atoms. The van der Waals surface area contributed by atoms with Gasteiger partial charge in [0.2, 0.25) is 0 Å². The van der Waals surface area contributed by atoms with E-state index in [1.165, 1.54) is 25.7 Å². The first-order valence-corrected chi connectivity index (χ1v) is 7.64. The zero-order chi connectivity index (χ0) is 15.0. The van der Waals surface area contributed by atoms with E-state index in [9.17, 15) is 4.79 Å². The van der Waals surface area contributed by atoms with Crippen molar-refractivity contribution >= 4 is 11.6 Å². The zero-order valence-corrected chi connectivity index (χ0v) is 12.6. The second-order valence-corrected chi connectivity index (χ2v) is 5.98. The maximum atomic E-state index is 10.8. The summed E-state index contributed by atoms with van der Waals surface area (Å²) in [6.07, 6.45) is 5.64. The maximum Gasteiger partial charge on any atom is 0.303 e. The van der Waals surface area contributed by atoms with Gasteiger partial charge in [-0.25, -0.2) is 9.50 Å². The van der Waals surface area contributed by atoms with E-state index < -0.39 is 5.97 Å². The Bertz CT molecular complexity index is 684. The molecule has 2 aromatic heterocycles. The third-order valence-electron chi connectivity index (χ3n) is 4.55. The molecule has 0 aliphatic heterocycles. The van der Waals surface area contributed by atoms with E-state index in [2.05, 4.69) is 11.1 Å². The van der Waals surface area contributed by atoms with E-state index in [-0.39, 0.29) is 6.42 Å². The number of fused-ring (bicyclic) bond motifs is 1. The molecule has 0 radical (unpaired) electrons. The van der Waals surface area contributed by atoms with Gasteiger partial charge in [-0.15, -0.1) is 0 Å². The van der Waals surface area contributed by atoms with E-state index in [0.717, 1.165) is 28.3 Å². The molecule has 21 heavy (non-hydrogen) atoms. The molecular weight excluding hydrogens is 266 g/mol. The van der Waals surface area contributed by atoms with Crippen LogP contribution in [0.4, 0.5) is 0 Å². The predicted molar refractivity (Wildman–Crippen MR) is 79.6 cm³/mol. The first-order chi connectivity index (χ1) is 10.1. The largest absolute Gasteiger partial charge is 0.481 e. The summed E-state index contributed by atoms with van der Waals surface area (Å²) in [6.45, 7) is 3.96. The number of rotatable bonds is 4. The summed E-state index contributed by atoms with van der Waals surface area (Å²) in [6, 6.07) is 2.09. The highest BCUT2D eigenvalue weighted by Gasteiger charge is 2.21. The van der Waals surface area contributed by atoms with Crippen LogP contribution in [-0.4, -0.2) is 25.7 Å². The lowest BCUT2D eigenvalue weighted by Crippen LogP contribution is -2.08. The Balaban J connectivity index is 2.00. The summed E-state index contributed by atoms with van der Waals surface area (Å²) in [7, 11) is 0. The Morgan fingerprint density at radius 1 is 1.38 bits per heavy atom. The number of aryl methyl sites for hydroxylation is 2. The highest BCUT2D eigenvalue weighted by atomic mass is 16.4. The molecule has 0 saturated heterocycles. The summed E-state index contributed by atoms with van der Waals surface area (Å²) < 4.78 is 1.89. The Morgan fingerprint density at radius 3 is 2.76 bits per heavy atom. The molecule has 0 spiro atoms. The number of hydrogen-bond donors (Lipinski definition) is 1. The molecule has 0 aromatic carbocycles.